The zero-order valence-electron chi connectivity index (χ0n) is 13.4. The highest BCUT2D eigenvalue weighted by atomic mass is 15.1. The SMILES string of the molecule is C/C=C1/CCCC(CN2CC3C=C(CC)C(C3)C2)CC1. The first-order valence-electron chi connectivity index (χ1n) is 8.85. The summed E-state index contributed by atoms with van der Waals surface area (Å²) >= 11 is 0. The lowest BCUT2D eigenvalue weighted by Crippen LogP contribution is -2.40. The number of hydrogen-bond acceptors (Lipinski definition) is 1. The molecule has 0 amide bonds. The van der Waals surface area contributed by atoms with E-state index in [9.17, 15) is 0 Å². The summed E-state index contributed by atoms with van der Waals surface area (Å²) in [5.74, 6) is 2.73. The standard InChI is InChI=1S/C19H31N/c1-3-15-6-5-7-16(9-8-15)12-20-13-17-10-18(4-2)19(11-17)14-20/h3,10,16-17,19H,4-9,11-14H2,1-2H3/b15-3-. The predicted molar refractivity (Wildman–Crippen MR) is 86.7 cm³/mol. The van der Waals surface area contributed by atoms with E-state index < -0.39 is 0 Å². The lowest BCUT2D eigenvalue weighted by atomic mass is 9.91. The fourth-order valence-electron chi connectivity index (χ4n) is 4.73. The molecule has 1 aliphatic heterocycles. The van der Waals surface area contributed by atoms with Crippen molar-refractivity contribution in [1.29, 1.82) is 0 Å². The summed E-state index contributed by atoms with van der Waals surface area (Å²) in [5.41, 5.74) is 3.47. The van der Waals surface area contributed by atoms with Gasteiger partial charge in [0.05, 0.1) is 0 Å². The maximum absolute atomic E-state index is 2.79. The van der Waals surface area contributed by atoms with Crippen LogP contribution in [0.2, 0.25) is 0 Å². The summed E-state index contributed by atoms with van der Waals surface area (Å²) in [7, 11) is 0. The third kappa shape index (κ3) is 3.19. The van der Waals surface area contributed by atoms with Gasteiger partial charge in [-0.05, 0) is 69.6 Å². The maximum Gasteiger partial charge on any atom is 0.00476 e. The normalized spacial score (nSPS) is 37.0. The average Bonchev–Trinajstić information content (AvgIpc) is 2.64. The van der Waals surface area contributed by atoms with Crippen LogP contribution in [0.3, 0.4) is 0 Å². The molecule has 2 aliphatic carbocycles. The van der Waals surface area contributed by atoms with Gasteiger partial charge in [-0.25, -0.2) is 0 Å². The van der Waals surface area contributed by atoms with E-state index in [0.717, 1.165) is 17.8 Å². The number of allylic oxidation sites excluding steroid dienone is 2. The fraction of sp³-hybridized carbons (Fsp3) is 0.789. The van der Waals surface area contributed by atoms with Gasteiger partial charge in [0.15, 0.2) is 0 Å². The molecule has 1 saturated carbocycles. The minimum Gasteiger partial charge on any atom is -0.302 e. The lowest BCUT2D eigenvalue weighted by molar-refractivity contribution is 0.145. The average molecular weight is 273 g/mol. The Hall–Kier alpha value is -0.560. The van der Waals surface area contributed by atoms with Gasteiger partial charge in [0.1, 0.15) is 0 Å². The number of nitrogens with zero attached hydrogens (tertiary/aromatic N) is 1. The molecule has 112 valence electrons. The molecule has 1 saturated heterocycles. The number of likely N-dealkylation sites (tertiary alicyclic amines) is 1. The molecule has 1 heterocycles. The van der Waals surface area contributed by atoms with Crippen LogP contribution in [0.25, 0.3) is 0 Å². The van der Waals surface area contributed by atoms with E-state index in [2.05, 4.69) is 30.9 Å². The molecule has 0 aromatic rings. The van der Waals surface area contributed by atoms with E-state index in [-0.39, 0.29) is 0 Å². The van der Waals surface area contributed by atoms with Crippen molar-refractivity contribution in [3.63, 3.8) is 0 Å². The molecule has 3 rings (SSSR count). The van der Waals surface area contributed by atoms with Crippen LogP contribution in [0, 0.1) is 17.8 Å². The predicted octanol–water partition coefficient (Wildman–Crippen LogP) is 4.80. The van der Waals surface area contributed by atoms with Gasteiger partial charge in [-0.2, -0.15) is 0 Å². The molecule has 3 unspecified atom stereocenters. The van der Waals surface area contributed by atoms with E-state index in [4.69, 9.17) is 0 Å². The van der Waals surface area contributed by atoms with Crippen molar-refractivity contribution in [2.75, 3.05) is 19.6 Å². The smallest absolute Gasteiger partial charge is 0.00476 e. The minimum atomic E-state index is 0.876. The van der Waals surface area contributed by atoms with Crippen LogP contribution in [0.4, 0.5) is 0 Å². The summed E-state index contributed by atoms with van der Waals surface area (Å²) in [4.78, 5) is 2.79. The van der Waals surface area contributed by atoms with Crippen LogP contribution in [-0.4, -0.2) is 24.5 Å². The molecule has 0 N–H and O–H groups in total. The highest BCUT2D eigenvalue weighted by molar-refractivity contribution is 5.18. The Morgan fingerprint density at radius 3 is 2.95 bits per heavy atom. The van der Waals surface area contributed by atoms with Gasteiger partial charge in [0.2, 0.25) is 0 Å². The molecule has 0 spiro atoms. The zero-order chi connectivity index (χ0) is 13.9. The summed E-state index contributed by atoms with van der Waals surface area (Å²) in [6.45, 7) is 8.61. The Bertz CT molecular complexity index is 393. The van der Waals surface area contributed by atoms with Crippen molar-refractivity contribution in [3.8, 4) is 0 Å². The highest BCUT2D eigenvalue weighted by Gasteiger charge is 2.33. The van der Waals surface area contributed by atoms with Crippen molar-refractivity contribution < 1.29 is 0 Å². The van der Waals surface area contributed by atoms with Gasteiger partial charge in [0.25, 0.3) is 0 Å². The summed E-state index contributed by atoms with van der Waals surface area (Å²) in [6.07, 6.45) is 14.7. The Balaban J connectivity index is 1.52. The number of fused-ring (bicyclic) bond motifs is 2. The van der Waals surface area contributed by atoms with Crippen molar-refractivity contribution in [2.45, 2.75) is 58.8 Å². The van der Waals surface area contributed by atoms with Crippen molar-refractivity contribution >= 4 is 0 Å². The van der Waals surface area contributed by atoms with E-state index in [1.165, 1.54) is 64.6 Å². The number of piperidine rings is 1. The second-order valence-corrected chi connectivity index (χ2v) is 7.25. The Labute approximate surface area is 125 Å². The van der Waals surface area contributed by atoms with Crippen LogP contribution in [-0.2, 0) is 0 Å². The molecule has 20 heavy (non-hydrogen) atoms. The lowest BCUT2D eigenvalue weighted by Gasteiger charge is -2.35. The molecule has 0 aromatic carbocycles. The largest absolute Gasteiger partial charge is 0.302 e. The van der Waals surface area contributed by atoms with Crippen molar-refractivity contribution in [2.24, 2.45) is 17.8 Å². The Morgan fingerprint density at radius 2 is 2.15 bits per heavy atom. The molecule has 3 atom stereocenters. The molecule has 2 fully saturated rings. The molecule has 1 nitrogen and oxygen atoms in total. The Morgan fingerprint density at radius 1 is 1.25 bits per heavy atom. The van der Waals surface area contributed by atoms with Gasteiger partial charge in [0, 0.05) is 19.6 Å². The van der Waals surface area contributed by atoms with E-state index >= 15 is 0 Å². The van der Waals surface area contributed by atoms with Crippen LogP contribution < -0.4 is 0 Å². The van der Waals surface area contributed by atoms with E-state index in [1.807, 2.05) is 0 Å². The first-order chi connectivity index (χ1) is 9.78. The summed E-state index contributed by atoms with van der Waals surface area (Å²) in [5, 5.41) is 0. The minimum absolute atomic E-state index is 0.876. The molecule has 2 bridgehead atoms. The molecule has 3 aliphatic rings. The summed E-state index contributed by atoms with van der Waals surface area (Å²) < 4.78 is 0. The van der Waals surface area contributed by atoms with Gasteiger partial charge in [-0.1, -0.05) is 30.2 Å². The zero-order valence-corrected chi connectivity index (χ0v) is 13.4. The highest BCUT2D eigenvalue weighted by Crippen LogP contribution is 2.38. The van der Waals surface area contributed by atoms with E-state index in [1.54, 1.807) is 11.1 Å². The van der Waals surface area contributed by atoms with Crippen LogP contribution in [0.5, 0.6) is 0 Å². The quantitative estimate of drug-likeness (QED) is 0.527. The van der Waals surface area contributed by atoms with E-state index in [0.29, 0.717) is 0 Å². The van der Waals surface area contributed by atoms with Crippen molar-refractivity contribution in [1.82, 2.24) is 4.90 Å². The van der Waals surface area contributed by atoms with Gasteiger partial charge >= 0.3 is 0 Å². The monoisotopic (exact) mass is 273 g/mol. The topological polar surface area (TPSA) is 3.24 Å². The number of hydrogen-bond donors (Lipinski definition) is 0. The van der Waals surface area contributed by atoms with Gasteiger partial charge in [-0.15, -0.1) is 0 Å². The van der Waals surface area contributed by atoms with Gasteiger partial charge in [-0.3, -0.25) is 0 Å². The van der Waals surface area contributed by atoms with Crippen LogP contribution >= 0.6 is 0 Å². The summed E-state index contributed by atoms with van der Waals surface area (Å²) in [6, 6.07) is 0. The molecular weight excluding hydrogens is 242 g/mol. The maximum atomic E-state index is 2.79. The molecule has 0 radical (unpaired) electrons. The molecule has 1 heteroatoms. The second kappa shape index (κ2) is 6.47. The third-order valence-corrected chi connectivity index (χ3v) is 5.85. The number of rotatable bonds is 3. The van der Waals surface area contributed by atoms with Crippen LogP contribution in [0.1, 0.15) is 58.8 Å². The first-order valence-corrected chi connectivity index (χ1v) is 8.85. The van der Waals surface area contributed by atoms with Crippen LogP contribution in [0.15, 0.2) is 23.3 Å². The fourth-order valence-corrected chi connectivity index (χ4v) is 4.73. The van der Waals surface area contributed by atoms with Crippen molar-refractivity contribution in [3.05, 3.63) is 23.3 Å². The molecule has 0 aromatic heterocycles. The van der Waals surface area contributed by atoms with Gasteiger partial charge < -0.3 is 4.90 Å². The molecular formula is C19H31N. The Kier molecular flexibility index (Phi) is 4.65. The third-order valence-electron chi connectivity index (χ3n) is 5.85. The first kappa shape index (κ1) is 14.4. The second-order valence-electron chi connectivity index (χ2n) is 7.25.